The van der Waals surface area contributed by atoms with Crippen LogP contribution in [0.25, 0.3) is 0 Å². The first-order valence-electron chi connectivity index (χ1n) is 5.53. The molecule has 0 aromatic carbocycles. The van der Waals surface area contributed by atoms with E-state index in [1.165, 1.54) is 10.5 Å². The van der Waals surface area contributed by atoms with Crippen molar-refractivity contribution in [1.82, 2.24) is 14.3 Å². The van der Waals surface area contributed by atoms with Crippen molar-refractivity contribution in [1.29, 1.82) is 0 Å². The van der Waals surface area contributed by atoms with Gasteiger partial charge in [0.2, 0.25) is 0 Å². The second-order valence-electron chi connectivity index (χ2n) is 3.59. The highest BCUT2D eigenvalue weighted by atomic mass is 32.2. The Labute approximate surface area is 102 Å². The van der Waals surface area contributed by atoms with Crippen molar-refractivity contribution in [2.75, 3.05) is 13.1 Å². The van der Waals surface area contributed by atoms with E-state index >= 15 is 0 Å². The maximum absolute atomic E-state index is 12.2. The van der Waals surface area contributed by atoms with Crippen molar-refractivity contribution in [3.8, 4) is 12.3 Å². The van der Waals surface area contributed by atoms with Crippen LogP contribution in [-0.4, -0.2) is 35.8 Å². The van der Waals surface area contributed by atoms with Crippen LogP contribution in [0.1, 0.15) is 26.1 Å². The number of terminal acetylenes is 1. The largest absolute Gasteiger partial charge is 0.332 e. The normalized spacial score (nSPS) is 11.6. The van der Waals surface area contributed by atoms with Crippen LogP contribution in [-0.2, 0) is 16.4 Å². The maximum Gasteiger partial charge on any atom is 0.260 e. The number of rotatable bonds is 6. The van der Waals surface area contributed by atoms with Crippen LogP contribution in [0.2, 0.25) is 0 Å². The zero-order valence-corrected chi connectivity index (χ0v) is 10.9. The predicted molar refractivity (Wildman–Crippen MR) is 65.8 cm³/mol. The minimum atomic E-state index is -3.54. The Hall–Kier alpha value is -1.32. The molecule has 0 fully saturated rings. The van der Waals surface area contributed by atoms with Gasteiger partial charge in [0.05, 0.1) is 12.7 Å². The van der Waals surface area contributed by atoms with Gasteiger partial charge in [-0.3, -0.25) is 0 Å². The Morgan fingerprint density at radius 2 is 2.24 bits per heavy atom. The summed E-state index contributed by atoms with van der Waals surface area (Å²) in [6, 6.07) is 0. The van der Waals surface area contributed by atoms with Crippen LogP contribution in [0.4, 0.5) is 0 Å². The second-order valence-corrected chi connectivity index (χ2v) is 5.50. The number of hydrogen-bond donors (Lipinski definition) is 1. The molecule has 0 aliphatic rings. The molecular formula is C11H17N3O2S. The summed E-state index contributed by atoms with van der Waals surface area (Å²) in [4.78, 5) is 6.78. The lowest BCUT2D eigenvalue weighted by atomic mass is 10.5. The van der Waals surface area contributed by atoms with Crippen LogP contribution < -0.4 is 0 Å². The van der Waals surface area contributed by atoms with Gasteiger partial charge in [0, 0.05) is 13.0 Å². The number of sulfonamides is 1. The van der Waals surface area contributed by atoms with Gasteiger partial charge in [-0.2, -0.15) is 4.31 Å². The lowest BCUT2D eigenvalue weighted by molar-refractivity contribution is 0.443. The summed E-state index contributed by atoms with van der Waals surface area (Å²) < 4.78 is 25.7. The van der Waals surface area contributed by atoms with Gasteiger partial charge in [0.25, 0.3) is 10.0 Å². The Morgan fingerprint density at radius 3 is 2.71 bits per heavy atom. The Morgan fingerprint density at radius 1 is 1.53 bits per heavy atom. The molecule has 0 atom stereocenters. The molecule has 0 amide bonds. The molecule has 1 N–H and O–H groups in total. The Kier molecular flexibility index (Phi) is 4.73. The zero-order valence-electron chi connectivity index (χ0n) is 10.1. The van der Waals surface area contributed by atoms with E-state index in [9.17, 15) is 8.42 Å². The fourth-order valence-corrected chi connectivity index (χ4v) is 2.81. The van der Waals surface area contributed by atoms with Crippen LogP contribution in [0.5, 0.6) is 0 Å². The van der Waals surface area contributed by atoms with E-state index in [2.05, 4.69) is 15.9 Å². The molecule has 5 nitrogen and oxygen atoms in total. The van der Waals surface area contributed by atoms with Gasteiger partial charge < -0.3 is 4.98 Å². The third kappa shape index (κ3) is 3.08. The molecule has 0 saturated carbocycles. The van der Waals surface area contributed by atoms with Crippen LogP contribution in [0, 0.1) is 12.3 Å². The number of aryl methyl sites for hydroxylation is 1. The first-order valence-corrected chi connectivity index (χ1v) is 6.97. The average Bonchev–Trinajstić information content (AvgIpc) is 2.78. The van der Waals surface area contributed by atoms with Gasteiger partial charge in [-0.15, -0.1) is 6.42 Å². The van der Waals surface area contributed by atoms with Crippen molar-refractivity contribution in [3.05, 3.63) is 12.0 Å². The average molecular weight is 255 g/mol. The SMILES string of the molecule is C#CCN(CCC)S(=O)(=O)c1cnc(CC)[nH]1. The van der Waals surface area contributed by atoms with Crippen molar-refractivity contribution < 1.29 is 8.42 Å². The number of H-pyrrole nitrogens is 1. The van der Waals surface area contributed by atoms with Crippen LogP contribution in [0.15, 0.2) is 11.2 Å². The number of nitrogens with zero attached hydrogens (tertiary/aromatic N) is 2. The van der Waals surface area contributed by atoms with E-state index in [1.807, 2.05) is 13.8 Å². The lowest BCUT2D eigenvalue weighted by Gasteiger charge is -2.17. The van der Waals surface area contributed by atoms with Gasteiger partial charge in [-0.05, 0) is 6.42 Å². The molecule has 0 saturated heterocycles. The summed E-state index contributed by atoms with van der Waals surface area (Å²) in [6.07, 6.45) is 7.91. The second kappa shape index (κ2) is 5.84. The minimum Gasteiger partial charge on any atom is -0.332 e. The van der Waals surface area contributed by atoms with E-state index < -0.39 is 10.0 Å². The van der Waals surface area contributed by atoms with Crippen molar-refractivity contribution in [2.24, 2.45) is 0 Å². The fraction of sp³-hybridized carbons (Fsp3) is 0.545. The highest BCUT2D eigenvalue weighted by molar-refractivity contribution is 7.89. The van der Waals surface area contributed by atoms with Crippen molar-refractivity contribution in [2.45, 2.75) is 31.7 Å². The summed E-state index contributed by atoms with van der Waals surface area (Å²) in [7, 11) is -3.54. The van der Waals surface area contributed by atoms with E-state index in [0.717, 1.165) is 6.42 Å². The van der Waals surface area contributed by atoms with Crippen LogP contribution >= 0.6 is 0 Å². The van der Waals surface area contributed by atoms with Gasteiger partial charge in [0.1, 0.15) is 5.82 Å². The van der Waals surface area contributed by atoms with Gasteiger partial charge in [0.15, 0.2) is 5.03 Å². The van der Waals surface area contributed by atoms with E-state index in [4.69, 9.17) is 6.42 Å². The van der Waals surface area contributed by atoms with Crippen molar-refractivity contribution in [3.63, 3.8) is 0 Å². The number of imidazole rings is 1. The molecule has 0 aliphatic carbocycles. The topological polar surface area (TPSA) is 66.1 Å². The zero-order chi connectivity index (χ0) is 12.9. The third-order valence-corrected chi connectivity index (χ3v) is 4.05. The van der Waals surface area contributed by atoms with Crippen molar-refractivity contribution >= 4 is 10.0 Å². The van der Waals surface area contributed by atoms with Gasteiger partial charge in [-0.1, -0.05) is 19.8 Å². The highest BCUT2D eigenvalue weighted by Crippen LogP contribution is 2.13. The first-order chi connectivity index (χ1) is 8.06. The van der Waals surface area contributed by atoms with E-state index in [0.29, 0.717) is 18.8 Å². The third-order valence-electron chi connectivity index (χ3n) is 2.30. The molecule has 0 unspecified atom stereocenters. The van der Waals surface area contributed by atoms with Gasteiger partial charge >= 0.3 is 0 Å². The quantitative estimate of drug-likeness (QED) is 0.771. The molecule has 6 heteroatoms. The molecule has 0 radical (unpaired) electrons. The summed E-state index contributed by atoms with van der Waals surface area (Å²) in [5.74, 6) is 3.02. The maximum atomic E-state index is 12.2. The standard InChI is InChI=1S/C11H17N3O2S/c1-4-7-14(8-5-2)17(15,16)11-9-12-10(6-3)13-11/h1,9H,5-8H2,2-3H3,(H,12,13). The Bertz CT molecular complexity index is 499. The fourth-order valence-electron chi connectivity index (χ4n) is 1.43. The molecule has 1 aromatic heterocycles. The summed E-state index contributed by atoms with van der Waals surface area (Å²) in [5, 5.41) is 0.109. The molecule has 94 valence electrons. The lowest BCUT2D eigenvalue weighted by Crippen LogP contribution is -2.32. The molecule has 0 aliphatic heterocycles. The van der Waals surface area contributed by atoms with E-state index in [-0.39, 0.29) is 11.6 Å². The molecular weight excluding hydrogens is 238 g/mol. The highest BCUT2D eigenvalue weighted by Gasteiger charge is 2.24. The number of aromatic amines is 1. The van der Waals surface area contributed by atoms with Gasteiger partial charge in [-0.25, -0.2) is 13.4 Å². The van der Waals surface area contributed by atoms with Crippen LogP contribution in [0.3, 0.4) is 0 Å². The molecule has 17 heavy (non-hydrogen) atoms. The number of aromatic nitrogens is 2. The molecule has 1 heterocycles. The number of nitrogens with one attached hydrogen (secondary N) is 1. The minimum absolute atomic E-state index is 0.0800. The summed E-state index contributed by atoms with van der Waals surface area (Å²) in [5.41, 5.74) is 0. The molecule has 1 aromatic rings. The predicted octanol–water partition coefficient (Wildman–Crippen LogP) is 1.01. The summed E-state index contributed by atoms with van der Waals surface area (Å²) in [6.45, 7) is 4.30. The Balaban J connectivity index is 3.03. The first kappa shape index (κ1) is 13.7. The van der Waals surface area contributed by atoms with E-state index in [1.54, 1.807) is 0 Å². The molecule has 1 rings (SSSR count). The molecule has 0 spiro atoms. The smallest absolute Gasteiger partial charge is 0.260 e. The summed E-state index contributed by atoms with van der Waals surface area (Å²) >= 11 is 0. The monoisotopic (exact) mass is 255 g/mol. The molecule has 0 bridgehead atoms. The number of hydrogen-bond acceptors (Lipinski definition) is 3.